The molecule has 0 amide bonds. The van der Waals surface area contributed by atoms with E-state index in [1.165, 1.54) is 0 Å². The Morgan fingerprint density at radius 1 is 0.688 bits per heavy atom. The van der Waals surface area contributed by atoms with Crippen molar-refractivity contribution >= 4 is 71.9 Å². The molecule has 0 aliphatic carbocycles. The minimum Gasteiger partial charge on any atom is -0.456 e. The van der Waals surface area contributed by atoms with Crippen LogP contribution in [-0.2, 0) is 62.4 Å². The molecule has 0 aromatic heterocycles. The molecule has 0 fully saturated rings. The first-order chi connectivity index (χ1) is 37.7. The first kappa shape index (κ1) is 58.3. The third-order valence-electron chi connectivity index (χ3n) is 15.5. The highest BCUT2D eigenvalue weighted by molar-refractivity contribution is 7.86. The summed E-state index contributed by atoms with van der Waals surface area (Å²) in [6.45, 7) is 9.60. The Bertz CT molecular complexity index is 3330. The number of fused-ring (bicyclic) bond motifs is 8. The van der Waals surface area contributed by atoms with Gasteiger partial charge in [-0.15, -0.1) is 0 Å². The minimum absolute atomic E-state index is 0.00263. The van der Waals surface area contributed by atoms with Crippen molar-refractivity contribution in [3.63, 3.8) is 0 Å². The number of carbonyl (C=O) groups excluding carboxylic acids is 1. The van der Waals surface area contributed by atoms with Gasteiger partial charge in [-0.25, -0.2) is 8.78 Å². The van der Waals surface area contributed by atoms with Crippen LogP contribution in [0, 0.1) is 23.3 Å². The van der Waals surface area contributed by atoms with Crippen molar-refractivity contribution in [3.8, 4) is 17.2 Å². The first-order valence-electron chi connectivity index (χ1n) is 26.0. The average molecular weight is 1200 g/mol. The molecule has 0 bridgehead atoms. The van der Waals surface area contributed by atoms with Gasteiger partial charge in [-0.3, -0.25) is 18.8 Å². The van der Waals surface area contributed by atoms with Gasteiger partial charge in [0.25, 0.3) is 20.2 Å². The summed E-state index contributed by atoms with van der Waals surface area (Å²) in [4.78, 5) is 18.3. The minimum atomic E-state index is -4.58. The number of aliphatic hydroxyl groups excluding tert-OH is 1. The molecule has 25 heteroatoms. The molecule has 1 atom stereocenters. The van der Waals surface area contributed by atoms with E-state index in [0.717, 1.165) is 22.5 Å². The van der Waals surface area contributed by atoms with E-state index in [1.54, 1.807) is 12.1 Å². The molecule has 4 aromatic rings. The topological polar surface area (TPSA) is 211 Å². The Morgan fingerprint density at radius 2 is 1.14 bits per heavy atom. The molecule has 432 valence electrons. The molecule has 0 saturated carbocycles. The van der Waals surface area contributed by atoms with Gasteiger partial charge in [0.1, 0.15) is 34.8 Å². The second-order valence-corrected chi connectivity index (χ2v) is 25.3. The van der Waals surface area contributed by atoms with Gasteiger partial charge in [-0.05, 0) is 88.8 Å². The molecule has 6 aliphatic rings. The predicted octanol–water partition coefficient (Wildman–Crippen LogP) is 8.95. The number of aliphatic hydroxyl groups is 1. The molecule has 6 heterocycles. The van der Waals surface area contributed by atoms with Crippen LogP contribution in [0.15, 0.2) is 42.5 Å². The number of esters is 1. The summed E-state index contributed by atoms with van der Waals surface area (Å²) in [5.74, 6) is -10.2. The number of benzene rings is 4. The number of nitrogens with zero attached hydrogens (tertiary/aromatic N) is 3. The van der Waals surface area contributed by atoms with Crippen molar-refractivity contribution in [2.45, 2.75) is 82.6 Å². The molecule has 17 nitrogen and oxygen atoms in total. The third kappa shape index (κ3) is 10.6. The molecule has 80 heavy (non-hydrogen) atoms. The summed E-state index contributed by atoms with van der Waals surface area (Å²) < 4.78 is 162. The van der Waals surface area contributed by atoms with Gasteiger partial charge >= 0.3 is 5.97 Å². The van der Waals surface area contributed by atoms with E-state index >= 15 is 0 Å². The summed E-state index contributed by atoms with van der Waals surface area (Å²) in [5, 5.41) is 13.3. The molecule has 6 aliphatic heterocycles. The molecule has 0 saturated heterocycles. The summed E-state index contributed by atoms with van der Waals surface area (Å²) in [6.07, 6.45) is 4.21. The SMILES string of the molecule is CC1(C)C=C(CS(=O)(=O)O)c2cc3c(c4c2N1CCC4)Oc1c(cc2c4c1CCCN4C(C)(C)C=C2CS(=O)(=O)O)C31c2c(Cl)ccc(Cl)c2C(O)N1CCOCCOCCOCCOCCC(=O)Oc1c(F)c(F)cc(F)c1F. The summed E-state index contributed by atoms with van der Waals surface area (Å²) in [5.41, 5.74) is 3.58. The van der Waals surface area contributed by atoms with Crippen molar-refractivity contribution < 1.29 is 81.8 Å². The van der Waals surface area contributed by atoms with Gasteiger partial charge in [0.2, 0.25) is 17.4 Å². The highest BCUT2D eigenvalue weighted by Crippen LogP contribution is 2.67. The fourth-order valence-corrected chi connectivity index (χ4v) is 14.3. The smallest absolute Gasteiger partial charge is 0.313 e. The van der Waals surface area contributed by atoms with Crippen LogP contribution in [0.5, 0.6) is 17.2 Å². The number of hydrogen-bond acceptors (Lipinski definition) is 15. The van der Waals surface area contributed by atoms with E-state index in [0.29, 0.717) is 94.8 Å². The van der Waals surface area contributed by atoms with Crippen LogP contribution in [-0.4, -0.2) is 137 Å². The van der Waals surface area contributed by atoms with E-state index in [1.807, 2.05) is 56.9 Å². The van der Waals surface area contributed by atoms with Crippen LogP contribution in [0.25, 0.3) is 11.1 Å². The molecule has 1 spiro atoms. The standard InChI is InChI=1S/C55H59Cl2F4N3O14S2/c1-53(2)26-30(28-79(67,68)69)34-23-36-49(32-7-5-12-62(53)47(32)34)78-50-33-8-6-13-63-48(33)35(31(27-54(63,3)4)29-80(70,71)72)24-37(50)55(36)44-39(57)10-9-38(56)43(44)52(66)64(55)14-16-74-18-20-76-22-21-75-19-17-73-15-11-42(65)77-51-45(60)40(58)25-41(59)46(51)61/h9-10,23-27,52,66H,5-8,11-22,28-29H2,1-4H3,(H,67,68,69)(H,70,71,72). The second-order valence-electron chi connectivity index (χ2n) is 21.5. The van der Waals surface area contributed by atoms with Crippen LogP contribution < -0.4 is 19.3 Å². The molecule has 3 N–H and O–H groups in total. The molecular weight excluding hydrogens is 1140 g/mol. The number of carbonyl (C=O) groups is 1. The van der Waals surface area contributed by atoms with Gasteiger partial charge in [0.15, 0.2) is 11.6 Å². The predicted molar refractivity (Wildman–Crippen MR) is 289 cm³/mol. The average Bonchev–Trinajstić information content (AvgIpc) is 2.80. The van der Waals surface area contributed by atoms with Crippen molar-refractivity contribution in [2.24, 2.45) is 0 Å². The van der Waals surface area contributed by atoms with Crippen molar-refractivity contribution in [1.82, 2.24) is 4.90 Å². The highest BCUT2D eigenvalue weighted by Gasteiger charge is 2.60. The van der Waals surface area contributed by atoms with E-state index in [4.69, 9.17) is 46.9 Å². The van der Waals surface area contributed by atoms with Crippen LogP contribution in [0.1, 0.15) is 97.7 Å². The monoisotopic (exact) mass is 1200 g/mol. The molecule has 1 unspecified atom stereocenters. The van der Waals surface area contributed by atoms with E-state index in [9.17, 15) is 53.4 Å². The zero-order valence-electron chi connectivity index (χ0n) is 44.1. The Balaban J connectivity index is 0.935. The van der Waals surface area contributed by atoms with Gasteiger partial charge < -0.3 is 43.3 Å². The second kappa shape index (κ2) is 22.0. The maximum absolute atomic E-state index is 13.8. The zero-order valence-corrected chi connectivity index (χ0v) is 47.2. The van der Waals surface area contributed by atoms with Crippen molar-refractivity contribution in [1.29, 1.82) is 0 Å². The number of anilines is 2. The summed E-state index contributed by atoms with van der Waals surface area (Å²) >= 11 is 14.6. The summed E-state index contributed by atoms with van der Waals surface area (Å²) in [7, 11) is -9.16. The lowest BCUT2D eigenvalue weighted by Gasteiger charge is -2.52. The quantitative estimate of drug-likeness (QED) is 0.0188. The maximum atomic E-state index is 13.8. The molecule has 10 rings (SSSR count). The van der Waals surface area contributed by atoms with Crippen LogP contribution in [0.3, 0.4) is 0 Å². The van der Waals surface area contributed by atoms with E-state index in [-0.39, 0.29) is 75.5 Å². The fourth-order valence-electron chi connectivity index (χ4n) is 12.4. The normalized spacial score (nSPS) is 19.1. The number of hydrogen-bond donors (Lipinski definition) is 3. The Labute approximate surface area is 470 Å². The van der Waals surface area contributed by atoms with Crippen LogP contribution in [0.4, 0.5) is 28.9 Å². The summed E-state index contributed by atoms with van der Waals surface area (Å²) in [6, 6.07) is 6.95. The Morgan fingerprint density at radius 3 is 1.61 bits per heavy atom. The lowest BCUT2D eigenvalue weighted by molar-refractivity contribution is -0.136. The zero-order chi connectivity index (χ0) is 57.4. The Hall–Kier alpha value is -4.89. The van der Waals surface area contributed by atoms with Gasteiger partial charge in [-0.2, -0.15) is 25.6 Å². The lowest BCUT2D eigenvalue weighted by atomic mass is 9.69. The van der Waals surface area contributed by atoms with Crippen molar-refractivity contribution in [3.05, 3.63) is 120 Å². The molecule has 0 radical (unpaired) electrons. The third-order valence-corrected chi connectivity index (χ3v) is 17.5. The molecular formula is C55H59Cl2F4N3O14S2. The van der Waals surface area contributed by atoms with Crippen LogP contribution >= 0.6 is 23.2 Å². The van der Waals surface area contributed by atoms with E-state index in [2.05, 4.69) is 14.5 Å². The van der Waals surface area contributed by atoms with Gasteiger partial charge in [0.05, 0.1) is 81.7 Å². The highest BCUT2D eigenvalue weighted by atomic mass is 35.5. The first-order valence-corrected chi connectivity index (χ1v) is 30.0. The number of halogens is 6. The van der Waals surface area contributed by atoms with E-state index < -0.39 is 96.0 Å². The largest absolute Gasteiger partial charge is 0.456 e. The fraction of sp³-hybridized carbons (Fsp3) is 0.473. The maximum Gasteiger partial charge on any atom is 0.313 e. The lowest BCUT2D eigenvalue weighted by Crippen LogP contribution is -2.51. The van der Waals surface area contributed by atoms with Crippen molar-refractivity contribution in [2.75, 3.05) is 93.8 Å². The molecule has 4 aromatic carbocycles. The number of rotatable bonds is 20. The van der Waals surface area contributed by atoms with Gasteiger partial charge in [0, 0.05) is 80.3 Å². The van der Waals surface area contributed by atoms with Gasteiger partial charge in [-0.1, -0.05) is 35.4 Å². The number of ether oxygens (including phenoxy) is 6. The van der Waals surface area contributed by atoms with Crippen LogP contribution in [0.2, 0.25) is 10.0 Å². The Kier molecular flexibility index (Phi) is 16.1.